The van der Waals surface area contributed by atoms with Gasteiger partial charge >= 0.3 is 0 Å². The minimum Gasteiger partial charge on any atom is -0.455 e. The Hall–Kier alpha value is -1.06. The molecule has 0 spiro atoms. The van der Waals surface area contributed by atoms with Crippen LogP contribution >= 0.6 is 27.5 Å². The minimum absolute atomic E-state index is 0.492. The summed E-state index contributed by atoms with van der Waals surface area (Å²) < 4.78 is 6.54. The van der Waals surface area contributed by atoms with Crippen LogP contribution in [0, 0.1) is 0 Å². The van der Waals surface area contributed by atoms with Gasteiger partial charge in [-0.1, -0.05) is 6.07 Å². The number of ether oxygens (including phenoxy) is 1. The molecular weight excluding hydrogens is 289 g/mol. The molecule has 1 aromatic heterocycles. The summed E-state index contributed by atoms with van der Waals surface area (Å²) in [7, 11) is 0. The highest BCUT2D eigenvalue weighted by Crippen LogP contribution is 2.30. The Balaban J connectivity index is 2.22. The van der Waals surface area contributed by atoms with Gasteiger partial charge in [0.25, 0.3) is 0 Å². The summed E-state index contributed by atoms with van der Waals surface area (Å²) in [5.41, 5.74) is 1.05. The molecule has 0 saturated carbocycles. The van der Waals surface area contributed by atoms with Crippen LogP contribution in [-0.2, 0) is 5.88 Å². The molecule has 0 aliphatic carbocycles. The van der Waals surface area contributed by atoms with Gasteiger partial charge in [-0.15, -0.1) is 11.6 Å². The standard InChI is InChI=1S/C12H9BrClNO/c13-11-6-9(7-14)3-4-12(11)16-10-2-1-5-15-8-10/h1-6,8H,7H2. The van der Waals surface area contributed by atoms with Gasteiger partial charge in [0.05, 0.1) is 10.7 Å². The summed E-state index contributed by atoms with van der Waals surface area (Å²) in [6, 6.07) is 9.45. The van der Waals surface area contributed by atoms with Gasteiger partial charge in [-0.05, 0) is 45.8 Å². The highest BCUT2D eigenvalue weighted by Gasteiger charge is 2.03. The lowest BCUT2D eigenvalue weighted by Crippen LogP contribution is -1.87. The monoisotopic (exact) mass is 297 g/mol. The van der Waals surface area contributed by atoms with Gasteiger partial charge in [0.1, 0.15) is 11.5 Å². The van der Waals surface area contributed by atoms with E-state index in [9.17, 15) is 0 Å². The number of rotatable bonds is 3. The molecule has 0 saturated heterocycles. The molecule has 0 radical (unpaired) electrons. The van der Waals surface area contributed by atoms with Crippen LogP contribution in [0.25, 0.3) is 0 Å². The van der Waals surface area contributed by atoms with Crippen LogP contribution in [0.4, 0.5) is 0 Å². The van der Waals surface area contributed by atoms with Crippen molar-refractivity contribution >= 4 is 27.5 Å². The highest BCUT2D eigenvalue weighted by molar-refractivity contribution is 9.10. The SMILES string of the molecule is ClCc1ccc(Oc2cccnc2)c(Br)c1. The first-order valence-electron chi connectivity index (χ1n) is 4.72. The molecule has 0 aliphatic heterocycles. The van der Waals surface area contributed by atoms with E-state index in [2.05, 4.69) is 20.9 Å². The number of benzene rings is 1. The second-order valence-corrected chi connectivity index (χ2v) is 4.31. The molecule has 0 N–H and O–H groups in total. The van der Waals surface area contributed by atoms with Crippen molar-refractivity contribution in [1.82, 2.24) is 4.98 Å². The van der Waals surface area contributed by atoms with Gasteiger partial charge in [0.2, 0.25) is 0 Å². The number of alkyl halides is 1. The Morgan fingerprint density at radius 2 is 2.19 bits per heavy atom. The van der Waals surface area contributed by atoms with Gasteiger partial charge in [0, 0.05) is 12.1 Å². The first-order valence-corrected chi connectivity index (χ1v) is 6.04. The third kappa shape index (κ3) is 2.74. The molecule has 16 heavy (non-hydrogen) atoms. The molecule has 0 bridgehead atoms. The van der Waals surface area contributed by atoms with E-state index in [4.69, 9.17) is 16.3 Å². The topological polar surface area (TPSA) is 22.1 Å². The number of aromatic nitrogens is 1. The van der Waals surface area contributed by atoms with Crippen LogP contribution in [-0.4, -0.2) is 4.98 Å². The lowest BCUT2D eigenvalue weighted by Gasteiger charge is -2.07. The third-order valence-corrected chi connectivity index (χ3v) is 2.94. The van der Waals surface area contributed by atoms with Gasteiger partial charge in [-0.2, -0.15) is 0 Å². The molecule has 0 amide bonds. The fraction of sp³-hybridized carbons (Fsp3) is 0.0833. The maximum Gasteiger partial charge on any atom is 0.145 e. The van der Waals surface area contributed by atoms with Gasteiger partial charge < -0.3 is 4.74 Å². The summed E-state index contributed by atoms with van der Waals surface area (Å²) in [4.78, 5) is 3.98. The van der Waals surface area contributed by atoms with E-state index in [1.807, 2.05) is 30.3 Å². The number of pyridine rings is 1. The van der Waals surface area contributed by atoms with Crippen molar-refractivity contribution in [3.8, 4) is 11.5 Å². The number of hydrogen-bond donors (Lipinski definition) is 0. The predicted molar refractivity (Wildman–Crippen MR) is 68.0 cm³/mol. The van der Waals surface area contributed by atoms with Crippen molar-refractivity contribution in [2.24, 2.45) is 0 Å². The Kier molecular flexibility index (Phi) is 3.80. The van der Waals surface area contributed by atoms with Crippen LogP contribution in [0.2, 0.25) is 0 Å². The summed E-state index contributed by atoms with van der Waals surface area (Å²) in [6.45, 7) is 0. The number of halogens is 2. The maximum atomic E-state index is 5.74. The van der Waals surface area contributed by atoms with Crippen molar-refractivity contribution in [2.75, 3.05) is 0 Å². The summed E-state index contributed by atoms with van der Waals surface area (Å²) in [5, 5.41) is 0. The predicted octanol–water partition coefficient (Wildman–Crippen LogP) is 4.38. The van der Waals surface area contributed by atoms with Crippen molar-refractivity contribution in [3.05, 3.63) is 52.8 Å². The molecule has 2 rings (SSSR count). The Morgan fingerprint density at radius 1 is 1.31 bits per heavy atom. The summed E-state index contributed by atoms with van der Waals surface area (Å²) in [5.74, 6) is 1.95. The third-order valence-electron chi connectivity index (χ3n) is 2.01. The number of hydrogen-bond acceptors (Lipinski definition) is 2. The van der Waals surface area contributed by atoms with Crippen LogP contribution in [0.1, 0.15) is 5.56 Å². The second kappa shape index (κ2) is 5.32. The Labute approximate surface area is 107 Å². The van der Waals surface area contributed by atoms with E-state index in [0.29, 0.717) is 11.6 Å². The van der Waals surface area contributed by atoms with Crippen LogP contribution in [0.15, 0.2) is 47.2 Å². The van der Waals surface area contributed by atoms with Crippen molar-refractivity contribution in [3.63, 3.8) is 0 Å². The van der Waals surface area contributed by atoms with E-state index in [0.717, 1.165) is 15.8 Å². The Morgan fingerprint density at radius 3 is 2.81 bits per heavy atom. The molecule has 1 heterocycles. The molecule has 0 aliphatic rings. The average Bonchev–Trinajstić information content (AvgIpc) is 2.33. The Bertz CT molecular complexity index is 476. The van der Waals surface area contributed by atoms with Crippen LogP contribution in [0.3, 0.4) is 0 Å². The van der Waals surface area contributed by atoms with E-state index in [1.54, 1.807) is 12.4 Å². The second-order valence-electron chi connectivity index (χ2n) is 3.19. The fourth-order valence-corrected chi connectivity index (χ4v) is 1.92. The smallest absolute Gasteiger partial charge is 0.145 e. The van der Waals surface area contributed by atoms with Crippen molar-refractivity contribution in [2.45, 2.75) is 5.88 Å². The molecular formula is C12H9BrClNO. The zero-order chi connectivity index (χ0) is 11.4. The minimum atomic E-state index is 0.492. The molecule has 4 heteroatoms. The largest absolute Gasteiger partial charge is 0.455 e. The van der Waals surface area contributed by atoms with E-state index in [-0.39, 0.29) is 0 Å². The van der Waals surface area contributed by atoms with Gasteiger partial charge in [0.15, 0.2) is 0 Å². The molecule has 82 valence electrons. The van der Waals surface area contributed by atoms with E-state index in [1.165, 1.54) is 0 Å². The summed E-state index contributed by atoms with van der Waals surface area (Å²) >= 11 is 9.18. The molecule has 0 unspecified atom stereocenters. The fourth-order valence-electron chi connectivity index (χ4n) is 1.24. The first-order chi connectivity index (χ1) is 7.79. The average molecular weight is 299 g/mol. The van der Waals surface area contributed by atoms with Crippen LogP contribution in [0.5, 0.6) is 11.5 Å². The van der Waals surface area contributed by atoms with Crippen LogP contribution < -0.4 is 4.74 Å². The zero-order valence-electron chi connectivity index (χ0n) is 8.36. The van der Waals surface area contributed by atoms with Crippen molar-refractivity contribution in [1.29, 1.82) is 0 Å². The molecule has 1 aromatic carbocycles. The molecule has 2 aromatic rings. The quantitative estimate of drug-likeness (QED) is 0.785. The van der Waals surface area contributed by atoms with E-state index >= 15 is 0 Å². The lowest BCUT2D eigenvalue weighted by atomic mass is 10.2. The molecule has 0 fully saturated rings. The normalized spacial score (nSPS) is 10.1. The lowest BCUT2D eigenvalue weighted by molar-refractivity contribution is 0.477. The molecule has 0 atom stereocenters. The van der Waals surface area contributed by atoms with Gasteiger partial charge in [-0.3, -0.25) is 4.98 Å². The first kappa shape index (κ1) is 11.4. The van der Waals surface area contributed by atoms with Crippen molar-refractivity contribution < 1.29 is 4.74 Å². The zero-order valence-corrected chi connectivity index (χ0v) is 10.7. The maximum absolute atomic E-state index is 5.74. The number of nitrogens with zero attached hydrogens (tertiary/aromatic N) is 1. The van der Waals surface area contributed by atoms with E-state index < -0.39 is 0 Å². The highest BCUT2D eigenvalue weighted by atomic mass is 79.9. The summed E-state index contributed by atoms with van der Waals surface area (Å²) in [6.07, 6.45) is 3.38. The van der Waals surface area contributed by atoms with Gasteiger partial charge in [-0.25, -0.2) is 0 Å². The molecule has 2 nitrogen and oxygen atoms in total.